The maximum Gasteiger partial charge on any atom is 0 e. The van der Waals surface area contributed by atoms with Gasteiger partial charge in [-0.25, -0.2) is 0 Å². The molecule has 0 aromatic carbocycles. The molecule has 34 valence electrons. The molecule has 0 atom stereocenters. The minimum absolute atomic E-state index is 0. The van der Waals surface area contributed by atoms with Crippen LogP contribution >= 0.6 is 0 Å². The van der Waals surface area contributed by atoms with Crippen molar-refractivity contribution >= 4 is 0 Å². The molecule has 4 heteroatoms. The van der Waals surface area contributed by atoms with Crippen molar-refractivity contribution in [1.82, 2.24) is 0 Å². The Morgan fingerprint density at radius 1 is 1.25 bits per heavy atom. The second-order valence-corrected chi connectivity index (χ2v) is 0. The topological polar surface area (TPSA) is 48.6 Å². The van der Waals surface area contributed by atoms with Crippen LogP contribution in [0.25, 0.3) is 0 Å². The Kier molecular flexibility index (Phi) is 152. The van der Waals surface area contributed by atoms with E-state index in [1.165, 1.54) is 0 Å². The van der Waals surface area contributed by atoms with Crippen LogP contribution in [0.4, 0.5) is 0 Å². The summed E-state index contributed by atoms with van der Waals surface area (Å²) in [6.07, 6.45) is 0. The van der Waals surface area contributed by atoms with Gasteiger partial charge in [-0.3, -0.25) is 0 Å². The molecule has 0 fully saturated rings. The monoisotopic (exact) mass is 424 g/mol. The average molecular weight is 424 g/mol. The van der Waals surface area contributed by atoms with Gasteiger partial charge in [-0.2, -0.15) is 0 Å². The van der Waals surface area contributed by atoms with Crippen LogP contribution in [0.3, 0.4) is 0 Å². The van der Waals surface area contributed by atoms with E-state index in [1.54, 1.807) is 0 Å². The number of hydrogen-bond donors (Lipinski definition) is 0. The van der Waals surface area contributed by atoms with Crippen molar-refractivity contribution in [2.75, 3.05) is 0 Å². The molecule has 0 heterocycles. The Balaban J connectivity index is -0.00000000500. The maximum absolute atomic E-state index is 8.22. The van der Waals surface area contributed by atoms with Gasteiger partial charge >= 0.3 is 23.2 Å². The van der Waals surface area contributed by atoms with E-state index in [1.807, 2.05) is 0 Å². The Morgan fingerprint density at radius 3 is 1.25 bits per heavy atom. The normalized spacial score (nSPS) is 1.50. The molecule has 0 bridgehead atoms. The van der Waals surface area contributed by atoms with Gasteiger partial charge in [0.25, 0.3) is 0 Å². The molecule has 0 saturated heterocycles. The van der Waals surface area contributed by atoms with Gasteiger partial charge in [-0.15, -0.1) is 0 Å². The van der Waals surface area contributed by atoms with Crippen molar-refractivity contribution in [3.63, 3.8) is 0 Å². The van der Waals surface area contributed by atoms with Crippen molar-refractivity contribution in [3.8, 4) is 0 Å². The van der Waals surface area contributed by atoms with Crippen LogP contribution in [0.2, 0.25) is 0 Å². The Morgan fingerprint density at radius 2 is 1.25 bits per heavy atom. The van der Waals surface area contributed by atoms with E-state index >= 15 is 0 Å². The van der Waals surface area contributed by atoms with Crippen LogP contribution in [0.1, 0.15) is 0 Å². The van der Waals surface area contributed by atoms with Gasteiger partial charge < -0.3 is 5.48 Å². The van der Waals surface area contributed by atoms with Crippen molar-refractivity contribution in [2.24, 2.45) is 0 Å². The first-order valence-electron chi connectivity index (χ1n) is 0.129. The fraction of sp³-hybridized carbons (Fsp3) is 0. The van der Waals surface area contributed by atoms with Crippen molar-refractivity contribution < 1.29 is 49.7 Å². The van der Waals surface area contributed by atoms with Crippen LogP contribution < -0.4 is 0 Å². The molecular formula is H2O2Pt2. The summed E-state index contributed by atoms with van der Waals surface area (Å²) in [6, 6.07) is 0. The van der Waals surface area contributed by atoms with E-state index in [0.29, 0.717) is 0 Å². The van der Waals surface area contributed by atoms with E-state index in [2.05, 4.69) is 0 Å². The molecule has 0 saturated carbocycles. The summed E-state index contributed by atoms with van der Waals surface area (Å²) in [6.45, 7) is 0. The summed E-state index contributed by atoms with van der Waals surface area (Å²) in [5, 5.41) is 0. The molecule has 0 aliphatic carbocycles. The fourth-order valence-corrected chi connectivity index (χ4v) is 0. The zero-order chi connectivity index (χ0) is 2.00. The van der Waals surface area contributed by atoms with Gasteiger partial charge in [-0.1, -0.05) is 0 Å². The fourth-order valence-electron chi connectivity index (χ4n) is 0. The molecule has 0 radical (unpaired) electrons. The first-order chi connectivity index (χ1) is 1.00. The summed E-state index contributed by atoms with van der Waals surface area (Å²) in [7, 11) is 0. The second-order valence-electron chi connectivity index (χ2n) is 0. The third-order valence-corrected chi connectivity index (χ3v) is 0. The summed E-state index contributed by atoms with van der Waals surface area (Å²) in [4.78, 5) is 0. The van der Waals surface area contributed by atoms with Crippen LogP contribution in [0.5, 0.6) is 0 Å². The smallest absolute Gasteiger partial charge is 0 e. The first-order valence-corrected chi connectivity index (χ1v) is 1.06. The third kappa shape index (κ3) is 11.1. The van der Waals surface area contributed by atoms with Crippen molar-refractivity contribution in [1.29, 1.82) is 0 Å². The number of hydrogen-bond acceptors (Lipinski definition) is 1. The third-order valence-electron chi connectivity index (χ3n) is 0. The van der Waals surface area contributed by atoms with E-state index in [-0.39, 0.29) is 26.5 Å². The molecule has 0 rings (SSSR count). The molecule has 0 aliphatic rings. The van der Waals surface area contributed by atoms with Crippen molar-refractivity contribution in [2.45, 2.75) is 0 Å². The van der Waals surface area contributed by atoms with E-state index in [4.69, 9.17) is 3.40 Å². The largest absolute Gasteiger partial charge is 0 e. The van der Waals surface area contributed by atoms with Gasteiger partial charge in [-0.05, 0) is 0 Å². The van der Waals surface area contributed by atoms with Crippen LogP contribution in [-0.2, 0) is 44.2 Å². The predicted octanol–water partition coefficient (Wildman–Crippen LogP) is -0.949. The maximum atomic E-state index is 8.22. The quantitative estimate of drug-likeness (QED) is 0.495. The summed E-state index contributed by atoms with van der Waals surface area (Å²) in [5.74, 6) is 0. The van der Waals surface area contributed by atoms with Gasteiger partial charge in [0.15, 0.2) is 0 Å². The zero-order valence-electron chi connectivity index (χ0n) is 1.54. The molecule has 2 N–H and O–H groups in total. The molecule has 0 aromatic rings. The Labute approximate surface area is 49.7 Å². The molecular weight excluding hydrogens is 422 g/mol. The first kappa shape index (κ1) is 19.3. The van der Waals surface area contributed by atoms with Crippen molar-refractivity contribution in [3.05, 3.63) is 0 Å². The summed E-state index contributed by atoms with van der Waals surface area (Å²) < 4.78 is 8.22. The molecule has 0 aliphatic heterocycles. The SMILES string of the molecule is O.[O]=[Pt].[Pt]. The Bertz CT molecular complexity index is 4.00. The summed E-state index contributed by atoms with van der Waals surface area (Å²) in [5.41, 5.74) is 0. The van der Waals surface area contributed by atoms with Crippen LogP contribution in [0.15, 0.2) is 0 Å². The molecule has 0 aromatic heterocycles. The van der Waals surface area contributed by atoms with E-state index in [0.717, 1.165) is 19.8 Å². The molecule has 2 nitrogen and oxygen atoms in total. The number of rotatable bonds is 0. The average Bonchev–Trinajstić information content (AvgIpc) is 1.00. The van der Waals surface area contributed by atoms with Crippen LogP contribution in [0, 0.1) is 0 Å². The molecule has 0 spiro atoms. The van der Waals surface area contributed by atoms with E-state index < -0.39 is 0 Å². The Hall–Kier alpha value is 1.14. The zero-order valence-corrected chi connectivity index (χ0v) is 6.09. The minimum Gasteiger partial charge on any atom is 0 e. The molecule has 0 unspecified atom stereocenters. The predicted molar refractivity (Wildman–Crippen MR) is 4.30 cm³/mol. The minimum atomic E-state index is 0. The second kappa shape index (κ2) is 31.5. The van der Waals surface area contributed by atoms with Gasteiger partial charge in [0, 0.05) is 21.1 Å². The standard InChI is InChI=1S/H2O.O.2Pt/h1H2;;;. The summed E-state index contributed by atoms with van der Waals surface area (Å²) >= 11 is 0.889. The van der Waals surface area contributed by atoms with Gasteiger partial charge in [0.2, 0.25) is 0 Å². The molecule has 0 amide bonds. The van der Waals surface area contributed by atoms with Gasteiger partial charge in [0.1, 0.15) is 0 Å². The van der Waals surface area contributed by atoms with Gasteiger partial charge in [0.05, 0.1) is 0 Å². The molecule has 4 heavy (non-hydrogen) atoms. The van der Waals surface area contributed by atoms with Crippen LogP contribution in [-0.4, -0.2) is 5.48 Å². The van der Waals surface area contributed by atoms with E-state index in [9.17, 15) is 0 Å².